The number of rotatable bonds is 1. The minimum Gasteiger partial charge on any atom is -0.306 e. The minimum atomic E-state index is 0.519. The summed E-state index contributed by atoms with van der Waals surface area (Å²) in [6.45, 7) is 6.56. The van der Waals surface area contributed by atoms with Crippen LogP contribution >= 0.6 is 0 Å². The van der Waals surface area contributed by atoms with Crippen molar-refractivity contribution in [2.75, 3.05) is 27.7 Å². The molecule has 4 fully saturated rings. The zero-order valence-electron chi connectivity index (χ0n) is 17.8. The van der Waals surface area contributed by atoms with Crippen LogP contribution in [0.4, 0.5) is 0 Å². The molecule has 1 saturated heterocycles. The Labute approximate surface area is 161 Å². The third-order valence-electron chi connectivity index (χ3n) is 10.4. The van der Waals surface area contributed by atoms with Crippen LogP contribution in [0.15, 0.2) is 11.6 Å². The van der Waals surface area contributed by atoms with E-state index < -0.39 is 0 Å². The van der Waals surface area contributed by atoms with E-state index in [0.717, 1.165) is 35.8 Å². The van der Waals surface area contributed by atoms with Gasteiger partial charge >= 0.3 is 0 Å². The smallest absolute Gasteiger partial charge is 0.0127 e. The molecule has 1 heterocycles. The molecule has 0 aromatic heterocycles. The van der Waals surface area contributed by atoms with Gasteiger partial charge in [0.2, 0.25) is 0 Å². The van der Waals surface area contributed by atoms with Gasteiger partial charge in [-0.1, -0.05) is 18.6 Å². The van der Waals surface area contributed by atoms with Gasteiger partial charge in [0.05, 0.1) is 0 Å². The molecule has 0 unspecified atom stereocenters. The van der Waals surface area contributed by atoms with Crippen LogP contribution in [0.2, 0.25) is 0 Å². The summed E-state index contributed by atoms with van der Waals surface area (Å²) in [6.07, 6.45) is 14.4. The van der Waals surface area contributed by atoms with Gasteiger partial charge in [0, 0.05) is 18.6 Å². The Kier molecular flexibility index (Phi) is 3.98. The van der Waals surface area contributed by atoms with Crippen molar-refractivity contribution < 1.29 is 0 Å². The molecule has 1 spiro atoms. The van der Waals surface area contributed by atoms with E-state index in [1.807, 2.05) is 5.57 Å². The summed E-state index contributed by atoms with van der Waals surface area (Å²) >= 11 is 0. The Morgan fingerprint density at radius 2 is 1.81 bits per heavy atom. The van der Waals surface area contributed by atoms with Crippen LogP contribution in [0.5, 0.6) is 0 Å². The van der Waals surface area contributed by atoms with Crippen LogP contribution in [-0.4, -0.2) is 49.6 Å². The third kappa shape index (κ3) is 2.18. The molecule has 0 aromatic carbocycles. The van der Waals surface area contributed by atoms with E-state index in [2.05, 4.69) is 50.9 Å². The first-order valence-corrected chi connectivity index (χ1v) is 11.4. The average molecular weight is 357 g/mol. The van der Waals surface area contributed by atoms with E-state index >= 15 is 0 Å². The first-order chi connectivity index (χ1) is 12.4. The lowest BCUT2D eigenvalue weighted by atomic mass is 9.47. The highest BCUT2D eigenvalue weighted by atomic mass is 15.2. The van der Waals surface area contributed by atoms with Crippen molar-refractivity contribution in [2.45, 2.75) is 77.3 Å². The Morgan fingerprint density at radius 1 is 1.04 bits per heavy atom. The van der Waals surface area contributed by atoms with Crippen LogP contribution in [0.25, 0.3) is 0 Å². The number of allylic oxidation sites excluding steroid dienone is 1. The minimum absolute atomic E-state index is 0.519. The number of hydrogen-bond donors (Lipinski definition) is 0. The molecule has 1 aliphatic heterocycles. The monoisotopic (exact) mass is 356 g/mol. The summed E-state index contributed by atoms with van der Waals surface area (Å²) in [7, 11) is 6.95. The standard InChI is InChI=1S/C24H40N2/c1-16-20-8-9-22-19-7-6-17-14-18(25(3)4)10-12-23(17,2)21(19)11-13-24(20,22)15-26(16)5/h6,16,18-22H,7-15H2,1-5H3/t16-,18-,19+,20-,21-,22-,23-,24+/m0/s1. The summed E-state index contributed by atoms with van der Waals surface area (Å²) in [5.74, 6) is 3.96. The second-order valence-electron chi connectivity index (χ2n) is 11.2. The molecule has 0 N–H and O–H groups in total. The highest BCUT2D eigenvalue weighted by Crippen LogP contribution is 2.68. The largest absolute Gasteiger partial charge is 0.306 e. The van der Waals surface area contributed by atoms with Crippen molar-refractivity contribution in [3.8, 4) is 0 Å². The summed E-state index contributed by atoms with van der Waals surface area (Å²) in [5.41, 5.74) is 3.04. The second-order valence-corrected chi connectivity index (χ2v) is 11.2. The summed E-state index contributed by atoms with van der Waals surface area (Å²) in [6, 6.07) is 1.60. The van der Waals surface area contributed by atoms with Crippen molar-refractivity contribution in [2.24, 2.45) is 34.5 Å². The molecule has 0 bridgehead atoms. The van der Waals surface area contributed by atoms with Gasteiger partial charge in [-0.25, -0.2) is 0 Å². The molecular weight excluding hydrogens is 316 g/mol. The van der Waals surface area contributed by atoms with Gasteiger partial charge in [0.1, 0.15) is 0 Å². The predicted octanol–water partition coefficient (Wildman–Crippen LogP) is 4.81. The highest BCUT2D eigenvalue weighted by molar-refractivity contribution is 5.26. The Hall–Kier alpha value is -0.340. The summed E-state index contributed by atoms with van der Waals surface area (Å²) < 4.78 is 0. The first kappa shape index (κ1) is 17.7. The molecule has 0 aromatic rings. The lowest BCUT2D eigenvalue weighted by Gasteiger charge is -2.58. The van der Waals surface area contributed by atoms with Crippen molar-refractivity contribution in [3.05, 3.63) is 11.6 Å². The fourth-order valence-corrected chi connectivity index (χ4v) is 8.88. The van der Waals surface area contributed by atoms with Crippen LogP contribution in [0.1, 0.15) is 65.2 Å². The number of hydrogen-bond acceptors (Lipinski definition) is 2. The fraction of sp³-hybridized carbons (Fsp3) is 0.917. The molecule has 3 saturated carbocycles. The molecule has 4 aliphatic carbocycles. The molecule has 2 nitrogen and oxygen atoms in total. The van der Waals surface area contributed by atoms with Gasteiger partial charge < -0.3 is 9.80 Å². The van der Waals surface area contributed by atoms with Gasteiger partial charge in [-0.2, -0.15) is 0 Å². The number of nitrogens with zero attached hydrogens (tertiary/aromatic N) is 2. The van der Waals surface area contributed by atoms with Crippen LogP contribution in [0, 0.1) is 34.5 Å². The Bertz CT molecular complexity index is 609. The Morgan fingerprint density at radius 3 is 2.58 bits per heavy atom. The number of fused-ring (bicyclic) bond motifs is 4. The first-order valence-electron chi connectivity index (χ1n) is 11.4. The molecule has 5 aliphatic rings. The summed E-state index contributed by atoms with van der Waals surface area (Å²) in [5, 5.41) is 0. The normalized spacial score (nSPS) is 53.7. The molecule has 5 rings (SSSR count). The number of likely N-dealkylation sites (tertiary alicyclic amines) is 1. The maximum atomic E-state index is 2.74. The van der Waals surface area contributed by atoms with Crippen LogP contribution in [0.3, 0.4) is 0 Å². The van der Waals surface area contributed by atoms with Gasteiger partial charge in [-0.15, -0.1) is 0 Å². The van der Waals surface area contributed by atoms with E-state index in [1.165, 1.54) is 57.9 Å². The molecule has 2 heteroatoms. The molecule has 8 atom stereocenters. The van der Waals surface area contributed by atoms with Crippen molar-refractivity contribution in [1.82, 2.24) is 9.80 Å². The topological polar surface area (TPSA) is 6.48 Å². The fourth-order valence-electron chi connectivity index (χ4n) is 8.88. The van der Waals surface area contributed by atoms with Crippen LogP contribution in [-0.2, 0) is 0 Å². The van der Waals surface area contributed by atoms with Gasteiger partial charge in [0.15, 0.2) is 0 Å². The summed E-state index contributed by atoms with van der Waals surface area (Å²) in [4.78, 5) is 5.17. The van der Waals surface area contributed by atoms with Gasteiger partial charge in [0.25, 0.3) is 0 Å². The molecule has 146 valence electrons. The average Bonchev–Trinajstić information content (AvgIpc) is 3.08. The lowest BCUT2D eigenvalue weighted by molar-refractivity contribution is -0.0430. The Balaban J connectivity index is 1.45. The van der Waals surface area contributed by atoms with Crippen molar-refractivity contribution in [1.29, 1.82) is 0 Å². The SMILES string of the molecule is C[C@H]1[C@@H]2CC[C@H]3[C@@H]4CC=C5C[C@@H](N(C)C)CC[C@]5(C)[C@H]4CC[C@]32CN1C. The van der Waals surface area contributed by atoms with Gasteiger partial charge in [-0.3, -0.25) is 0 Å². The van der Waals surface area contributed by atoms with E-state index in [0.29, 0.717) is 10.8 Å². The van der Waals surface area contributed by atoms with E-state index in [4.69, 9.17) is 0 Å². The lowest BCUT2D eigenvalue weighted by Crippen LogP contribution is -2.52. The zero-order chi connectivity index (χ0) is 18.3. The molecule has 0 amide bonds. The van der Waals surface area contributed by atoms with E-state index in [9.17, 15) is 0 Å². The van der Waals surface area contributed by atoms with E-state index in [-0.39, 0.29) is 0 Å². The molecule has 0 radical (unpaired) electrons. The molecular formula is C24H40N2. The maximum absolute atomic E-state index is 2.74. The predicted molar refractivity (Wildman–Crippen MR) is 109 cm³/mol. The maximum Gasteiger partial charge on any atom is 0.0127 e. The quantitative estimate of drug-likeness (QED) is 0.622. The highest BCUT2D eigenvalue weighted by Gasteiger charge is 2.63. The van der Waals surface area contributed by atoms with Crippen LogP contribution < -0.4 is 0 Å². The third-order valence-corrected chi connectivity index (χ3v) is 10.4. The van der Waals surface area contributed by atoms with Crippen molar-refractivity contribution >= 4 is 0 Å². The van der Waals surface area contributed by atoms with Crippen molar-refractivity contribution in [3.63, 3.8) is 0 Å². The second kappa shape index (κ2) is 5.83. The molecule has 26 heavy (non-hydrogen) atoms. The van der Waals surface area contributed by atoms with E-state index in [1.54, 1.807) is 0 Å². The zero-order valence-corrected chi connectivity index (χ0v) is 17.8. The van der Waals surface area contributed by atoms with Gasteiger partial charge in [-0.05, 0) is 114 Å².